The highest BCUT2D eigenvalue weighted by atomic mass is 35.5. The number of nitrogens with zero attached hydrogens (tertiary/aromatic N) is 2. The first-order valence-corrected chi connectivity index (χ1v) is 8.76. The summed E-state index contributed by atoms with van der Waals surface area (Å²) in [6.45, 7) is 1.99. The van der Waals surface area contributed by atoms with Gasteiger partial charge in [-0.1, -0.05) is 29.8 Å². The van der Waals surface area contributed by atoms with Crippen molar-refractivity contribution >= 4 is 34.3 Å². The zero-order valence-corrected chi connectivity index (χ0v) is 14.4. The Morgan fingerprint density at radius 3 is 2.58 bits per heavy atom. The predicted molar refractivity (Wildman–Crippen MR) is 95.3 cm³/mol. The van der Waals surface area contributed by atoms with Crippen molar-refractivity contribution in [3.05, 3.63) is 65.0 Å². The lowest BCUT2D eigenvalue weighted by Crippen LogP contribution is -1.80. The highest BCUT2D eigenvalue weighted by Gasteiger charge is 2.18. The lowest BCUT2D eigenvalue weighted by Gasteiger charge is -1.98. The van der Waals surface area contributed by atoms with E-state index in [9.17, 15) is 0 Å². The van der Waals surface area contributed by atoms with Crippen LogP contribution in [0.4, 0.5) is 0 Å². The Kier molecular flexibility index (Phi) is 4.04. The molecule has 0 aliphatic carbocycles. The fraction of sp³-hybridized carbons (Fsp3) is 0.111. The number of hydrogen-bond acceptors (Lipinski definition) is 5. The average molecular weight is 357 g/mol. The van der Waals surface area contributed by atoms with Crippen molar-refractivity contribution in [2.45, 2.75) is 17.6 Å². The van der Waals surface area contributed by atoms with E-state index in [4.69, 9.17) is 20.4 Å². The number of halogens is 1. The highest BCUT2D eigenvalue weighted by Crippen LogP contribution is 2.32. The summed E-state index contributed by atoms with van der Waals surface area (Å²) in [6.07, 6.45) is 0. The molecule has 2 heterocycles. The number of aryl methyl sites for hydroxylation is 1. The maximum absolute atomic E-state index is 5.89. The molecule has 0 unspecified atom stereocenters. The SMILES string of the molecule is Cc1c(-c2nnc(CSc3ccc(Cl)cc3)o2)oc2ccccc12. The minimum absolute atomic E-state index is 0.412. The molecule has 0 fully saturated rings. The molecule has 0 bridgehead atoms. The van der Waals surface area contributed by atoms with Crippen LogP contribution < -0.4 is 0 Å². The van der Waals surface area contributed by atoms with Gasteiger partial charge in [-0.25, -0.2) is 0 Å². The van der Waals surface area contributed by atoms with Crippen molar-refractivity contribution in [3.63, 3.8) is 0 Å². The summed E-state index contributed by atoms with van der Waals surface area (Å²) in [6, 6.07) is 15.5. The van der Waals surface area contributed by atoms with Crippen LogP contribution in [0.1, 0.15) is 11.5 Å². The Bertz CT molecular complexity index is 992. The van der Waals surface area contributed by atoms with E-state index in [1.807, 2.05) is 55.5 Å². The third-order valence-corrected chi connectivity index (χ3v) is 4.93. The van der Waals surface area contributed by atoms with Crippen molar-refractivity contribution in [1.82, 2.24) is 10.2 Å². The number of aromatic nitrogens is 2. The molecule has 2 aromatic carbocycles. The first-order chi connectivity index (χ1) is 11.7. The maximum atomic E-state index is 5.89. The monoisotopic (exact) mass is 356 g/mol. The molecule has 6 heteroatoms. The lowest BCUT2D eigenvalue weighted by atomic mass is 10.1. The number of hydrogen-bond donors (Lipinski definition) is 0. The second-order valence-electron chi connectivity index (χ2n) is 5.30. The van der Waals surface area contributed by atoms with E-state index in [-0.39, 0.29) is 0 Å². The summed E-state index contributed by atoms with van der Waals surface area (Å²) < 4.78 is 11.6. The number of benzene rings is 2. The largest absolute Gasteiger partial charge is 0.451 e. The maximum Gasteiger partial charge on any atom is 0.284 e. The predicted octanol–water partition coefficient (Wildman–Crippen LogP) is 5.74. The number of fused-ring (bicyclic) bond motifs is 1. The van der Waals surface area contributed by atoms with Crippen LogP contribution in [0.25, 0.3) is 22.6 Å². The zero-order valence-electron chi connectivity index (χ0n) is 12.8. The molecule has 4 nitrogen and oxygen atoms in total. The van der Waals surface area contributed by atoms with E-state index >= 15 is 0 Å². The molecular weight excluding hydrogens is 344 g/mol. The second-order valence-corrected chi connectivity index (χ2v) is 6.78. The molecule has 0 spiro atoms. The van der Waals surface area contributed by atoms with E-state index in [1.165, 1.54) is 0 Å². The minimum atomic E-state index is 0.412. The van der Waals surface area contributed by atoms with E-state index in [1.54, 1.807) is 11.8 Å². The first kappa shape index (κ1) is 15.3. The highest BCUT2D eigenvalue weighted by molar-refractivity contribution is 7.98. The topological polar surface area (TPSA) is 52.1 Å². The first-order valence-electron chi connectivity index (χ1n) is 7.40. The van der Waals surface area contributed by atoms with Gasteiger partial charge >= 0.3 is 0 Å². The fourth-order valence-electron chi connectivity index (χ4n) is 2.46. The summed E-state index contributed by atoms with van der Waals surface area (Å²) in [5, 5.41) is 10.0. The van der Waals surface area contributed by atoms with Gasteiger partial charge in [0.15, 0.2) is 5.76 Å². The normalized spacial score (nSPS) is 11.2. The van der Waals surface area contributed by atoms with Gasteiger partial charge in [0.25, 0.3) is 5.89 Å². The molecule has 0 aliphatic rings. The van der Waals surface area contributed by atoms with Crippen LogP contribution in [0.3, 0.4) is 0 Å². The Labute approximate surface area is 147 Å². The van der Waals surface area contributed by atoms with Gasteiger partial charge < -0.3 is 8.83 Å². The molecule has 4 rings (SSSR count). The van der Waals surface area contributed by atoms with Gasteiger partial charge in [-0.15, -0.1) is 22.0 Å². The summed E-state index contributed by atoms with van der Waals surface area (Å²) in [7, 11) is 0. The number of rotatable bonds is 4. The molecule has 0 atom stereocenters. The summed E-state index contributed by atoms with van der Waals surface area (Å²) in [4.78, 5) is 1.10. The molecule has 0 aliphatic heterocycles. The van der Waals surface area contributed by atoms with Crippen molar-refractivity contribution in [2.75, 3.05) is 0 Å². The molecule has 0 radical (unpaired) electrons. The van der Waals surface area contributed by atoms with Gasteiger partial charge in [-0.05, 0) is 37.3 Å². The Morgan fingerprint density at radius 1 is 1.00 bits per heavy atom. The number of thioether (sulfide) groups is 1. The summed E-state index contributed by atoms with van der Waals surface area (Å²) in [5.41, 5.74) is 1.83. The van der Waals surface area contributed by atoms with Crippen LogP contribution in [0.5, 0.6) is 0 Å². The summed E-state index contributed by atoms with van der Waals surface area (Å²) >= 11 is 7.50. The van der Waals surface area contributed by atoms with Crippen LogP contribution in [0, 0.1) is 6.92 Å². The van der Waals surface area contributed by atoms with Gasteiger partial charge in [0.2, 0.25) is 5.89 Å². The lowest BCUT2D eigenvalue weighted by molar-refractivity contribution is 0.503. The van der Waals surface area contributed by atoms with E-state index < -0.39 is 0 Å². The van der Waals surface area contributed by atoms with E-state index in [2.05, 4.69) is 10.2 Å². The quantitative estimate of drug-likeness (QED) is 0.436. The van der Waals surface area contributed by atoms with E-state index in [0.717, 1.165) is 26.5 Å². The van der Waals surface area contributed by atoms with Gasteiger partial charge in [0, 0.05) is 20.9 Å². The molecule has 4 aromatic rings. The average Bonchev–Trinajstić information content (AvgIpc) is 3.19. The van der Waals surface area contributed by atoms with Crippen molar-refractivity contribution in [1.29, 1.82) is 0 Å². The molecular formula is C18H13ClN2O2S. The van der Waals surface area contributed by atoms with Crippen LogP contribution >= 0.6 is 23.4 Å². The standard InChI is InChI=1S/C18H13ClN2O2S/c1-11-14-4-2-3-5-15(14)22-17(11)18-21-20-16(23-18)10-24-13-8-6-12(19)7-9-13/h2-9H,10H2,1H3. The molecule has 0 saturated heterocycles. The van der Waals surface area contributed by atoms with Crippen LogP contribution in [-0.4, -0.2) is 10.2 Å². The van der Waals surface area contributed by atoms with Crippen molar-refractivity contribution in [2.24, 2.45) is 0 Å². The number of para-hydroxylation sites is 1. The molecule has 0 saturated carbocycles. The molecule has 24 heavy (non-hydrogen) atoms. The molecule has 0 N–H and O–H groups in total. The van der Waals surface area contributed by atoms with Gasteiger partial charge in [0.05, 0.1) is 5.75 Å². The van der Waals surface area contributed by atoms with Gasteiger partial charge in [0.1, 0.15) is 5.58 Å². The smallest absolute Gasteiger partial charge is 0.284 e. The summed E-state index contributed by atoms with van der Waals surface area (Å²) in [5.74, 6) is 2.19. The Morgan fingerprint density at radius 2 is 1.79 bits per heavy atom. The van der Waals surface area contributed by atoms with Gasteiger partial charge in [-0.2, -0.15) is 0 Å². The van der Waals surface area contributed by atoms with E-state index in [0.29, 0.717) is 23.3 Å². The van der Waals surface area contributed by atoms with Crippen molar-refractivity contribution in [3.8, 4) is 11.7 Å². The molecule has 120 valence electrons. The third-order valence-electron chi connectivity index (χ3n) is 3.68. The zero-order chi connectivity index (χ0) is 16.5. The van der Waals surface area contributed by atoms with Gasteiger partial charge in [-0.3, -0.25) is 0 Å². The number of furan rings is 1. The van der Waals surface area contributed by atoms with Crippen LogP contribution in [0.2, 0.25) is 5.02 Å². The van der Waals surface area contributed by atoms with Crippen LogP contribution in [0.15, 0.2) is 62.3 Å². The van der Waals surface area contributed by atoms with Crippen molar-refractivity contribution < 1.29 is 8.83 Å². The Hall–Kier alpha value is -2.24. The Balaban J connectivity index is 1.55. The minimum Gasteiger partial charge on any atom is -0.451 e. The molecule has 0 amide bonds. The van der Waals surface area contributed by atoms with Crippen LogP contribution in [-0.2, 0) is 5.75 Å². The molecule has 2 aromatic heterocycles. The third kappa shape index (κ3) is 2.92. The fourth-order valence-corrected chi connectivity index (χ4v) is 3.32. The second kappa shape index (κ2) is 6.34.